The normalized spacial score (nSPS) is 23.8. The van der Waals surface area contributed by atoms with Gasteiger partial charge in [-0.25, -0.2) is 4.79 Å². The van der Waals surface area contributed by atoms with Gasteiger partial charge in [-0.2, -0.15) is 13.2 Å². The second kappa shape index (κ2) is 5.70. The molecule has 130 valence electrons. The number of alkyl halides is 3. The van der Waals surface area contributed by atoms with Crippen molar-refractivity contribution in [2.75, 3.05) is 7.11 Å². The van der Waals surface area contributed by atoms with Crippen molar-refractivity contribution in [1.29, 1.82) is 0 Å². The first kappa shape index (κ1) is 18.1. The molecule has 1 atom stereocenters. The van der Waals surface area contributed by atoms with Gasteiger partial charge in [-0.3, -0.25) is 9.78 Å². The molecule has 0 spiro atoms. The van der Waals surface area contributed by atoms with E-state index >= 15 is 0 Å². The first-order valence-corrected chi connectivity index (χ1v) is 7.03. The van der Waals surface area contributed by atoms with Crippen molar-refractivity contribution in [2.45, 2.75) is 32.0 Å². The fraction of sp³-hybridized carbons (Fsp3) is 0.438. The molecule has 0 amide bonds. The average Bonchev–Trinajstić information content (AvgIpc) is 2.48. The van der Waals surface area contributed by atoms with E-state index in [0.29, 0.717) is 0 Å². The highest BCUT2D eigenvalue weighted by molar-refractivity contribution is 6.19. The van der Waals surface area contributed by atoms with Crippen LogP contribution in [-0.4, -0.2) is 29.0 Å². The number of ether oxygens (including phenoxy) is 1. The van der Waals surface area contributed by atoms with Crippen molar-refractivity contribution in [3.63, 3.8) is 0 Å². The van der Waals surface area contributed by atoms with Gasteiger partial charge in [-0.05, 0) is 24.6 Å². The third-order valence-corrected chi connectivity index (χ3v) is 4.05. The molecule has 0 radical (unpaired) electrons. The van der Waals surface area contributed by atoms with E-state index in [-0.39, 0.29) is 6.42 Å². The van der Waals surface area contributed by atoms with Gasteiger partial charge in [0, 0.05) is 18.7 Å². The highest BCUT2D eigenvalue weighted by Gasteiger charge is 2.51. The molecule has 1 aliphatic rings. The zero-order chi connectivity index (χ0) is 18.3. The Morgan fingerprint density at radius 2 is 2.00 bits per heavy atom. The minimum atomic E-state index is -4.70. The Morgan fingerprint density at radius 1 is 1.38 bits per heavy atom. The van der Waals surface area contributed by atoms with E-state index in [0.717, 1.165) is 25.3 Å². The van der Waals surface area contributed by atoms with Crippen LogP contribution in [0.25, 0.3) is 0 Å². The molecule has 0 aliphatic heterocycles. The van der Waals surface area contributed by atoms with Gasteiger partial charge < -0.3 is 9.84 Å². The summed E-state index contributed by atoms with van der Waals surface area (Å²) in [4.78, 5) is 27.4. The van der Waals surface area contributed by atoms with E-state index < -0.39 is 45.8 Å². The van der Waals surface area contributed by atoms with Gasteiger partial charge in [0.25, 0.3) is 0 Å². The van der Waals surface area contributed by atoms with E-state index in [9.17, 15) is 27.9 Å². The number of nitrogens with zero attached hydrogens (tertiary/aromatic N) is 1. The number of Topliss-reactive ketones (excluding diaryl/α,β-unsaturated/α-hetero) is 1. The molecule has 1 aromatic heterocycles. The summed E-state index contributed by atoms with van der Waals surface area (Å²) in [6.45, 7) is 2.94. The fourth-order valence-corrected chi connectivity index (χ4v) is 2.96. The van der Waals surface area contributed by atoms with Gasteiger partial charge in [0.15, 0.2) is 5.78 Å². The summed E-state index contributed by atoms with van der Waals surface area (Å²) >= 11 is 0. The molecule has 1 aliphatic carbocycles. The quantitative estimate of drug-likeness (QED) is 0.854. The number of carbonyl (C=O) groups excluding carboxylic acids is 1. The standard InChI is InChI=1S/C16H16F3NO4/c1-14(2)8-15(24-3,7-9(12(14)21)13(22)23)11-10(16(17,18)19)5-4-6-20-11/h4-7H,8H2,1-3H3,(H,22,23). The summed E-state index contributed by atoms with van der Waals surface area (Å²) in [5.41, 5.74) is -5.08. The van der Waals surface area contributed by atoms with E-state index in [1.54, 1.807) is 0 Å². The van der Waals surface area contributed by atoms with Crippen LogP contribution in [0.2, 0.25) is 0 Å². The highest BCUT2D eigenvalue weighted by atomic mass is 19.4. The Morgan fingerprint density at radius 3 is 2.50 bits per heavy atom. The third kappa shape index (κ3) is 2.93. The summed E-state index contributed by atoms with van der Waals surface area (Å²) in [5, 5.41) is 9.26. The van der Waals surface area contributed by atoms with Crippen LogP contribution in [0.5, 0.6) is 0 Å². The lowest BCUT2D eigenvalue weighted by atomic mass is 9.68. The largest absolute Gasteiger partial charge is 0.478 e. The maximum absolute atomic E-state index is 13.3. The lowest BCUT2D eigenvalue weighted by Gasteiger charge is -2.41. The molecule has 0 fully saturated rings. The third-order valence-electron chi connectivity index (χ3n) is 4.05. The number of carboxylic acids is 1. The Kier molecular flexibility index (Phi) is 4.30. The summed E-state index contributed by atoms with van der Waals surface area (Å²) in [6.07, 6.45) is -2.76. The number of hydrogen-bond donors (Lipinski definition) is 1. The SMILES string of the molecule is COC1(c2ncccc2C(F)(F)F)C=C(C(=O)O)C(=O)C(C)(C)C1. The predicted molar refractivity (Wildman–Crippen MR) is 77.0 cm³/mol. The minimum absolute atomic E-state index is 0.161. The number of hydrogen-bond acceptors (Lipinski definition) is 4. The molecule has 1 heterocycles. The Labute approximate surface area is 136 Å². The smallest absolute Gasteiger partial charge is 0.418 e. The van der Waals surface area contributed by atoms with Crippen LogP contribution in [0, 0.1) is 5.41 Å². The van der Waals surface area contributed by atoms with Crippen molar-refractivity contribution in [1.82, 2.24) is 4.98 Å². The first-order chi connectivity index (χ1) is 10.9. The van der Waals surface area contributed by atoms with Crippen LogP contribution in [0.15, 0.2) is 30.0 Å². The molecular weight excluding hydrogens is 327 g/mol. The van der Waals surface area contributed by atoms with Crippen molar-refractivity contribution >= 4 is 11.8 Å². The van der Waals surface area contributed by atoms with Crippen LogP contribution < -0.4 is 0 Å². The van der Waals surface area contributed by atoms with Gasteiger partial charge in [0.1, 0.15) is 11.2 Å². The monoisotopic (exact) mass is 343 g/mol. The van der Waals surface area contributed by atoms with E-state index in [1.807, 2.05) is 0 Å². The molecule has 0 saturated heterocycles. The maximum atomic E-state index is 13.3. The molecule has 8 heteroatoms. The number of carbonyl (C=O) groups is 2. The predicted octanol–water partition coefficient (Wildman–Crippen LogP) is 2.95. The number of rotatable bonds is 3. The lowest BCUT2D eigenvalue weighted by Crippen LogP contribution is -2.45. The second-order valence-electron chi connectivity index (χ2n) is 6.24. The van der Waals surface area contributed by atoms with Crippen molar-refractivity contribution < 1.29 is 32.6 Å². The van der Waals surface area contributed by atoms with Crippen LogP contribution >= 0.6 is 0 Å². The summed E-state index contributed by atoms with van der Waals surface area (Å²) in [6, 6.07) is 1.98. The Balaban J connectivity index is 2.79. The molecule has 1 unspecified atom stereocenters. The van der Waals surface area contributed by atoms with E-state index in [4.69, 9.17) is 4.74 Å². The number of pyridine rings is 1. The van der Waals surface area contributed by atoms with Crippen molar-refractivity contribution in [3.05, 3.63) is 41.2 Å². The molecule has 0 aromatic carbocycles. The van der Waals surface area contributed by atoms with Gasteiger partial charge in [-0.1, -0.05) is 13.8 Å². The summed E-state index contributed by atoms with van der Waals surface area (Å²) in [5.74, 6) is -2.18. The topological polar surface area (TPSA) is 76.5 Å². The van der Waals surface area contributed by atoms with Crippen molar-refractivity contribution in [2.24, 2.45) is 5.41 Å². The van der Waals surface area contributed by atoms with Gasteiger partial charge in [0.2, 0.25) is 0 Å². The molecule has 0 bridgehead atoms. The lowest BCUT2D eigenvalue weighted by molar-refractivity contribution is -0.143. The molecule has 1 aromatic rings. The zero-order valence-corrected chi connectivity index (χ0v) is 13.3. The second-order valence-corrected chi connectivity index (χ2v) is 6.24. The average molecular weight is 343 g/mol. The summed E-state index contributed by atoms with van der Waals surface area (Å²) in [7, 11) is 1.16. The zero-order valence-electron chi connectivity index (χ0n) is 13.3. The molecular formula is C16H16F3NO4. The minimum Gasteiger partial charge on any atom is -0.478 e. The molecule has 2 rings (SSSR count). The van der Waals surface area contributed by atoms with Gasteiger partial charge >= 0.3 is 12.1 Å². The van der Waals surface area contributed by atoms with Crippen molar-refractivity contribution in [3.8, 4) is 0 Å². The number of aromatic nitrogens is 1. The van der Waals surface area contributed by atoms with Gasteiger partial charge in [-0.15, -0.1) is 0 Å². The number of ketones is 1. The van der Waals surface area contributed by atoms with E-state index in [1.165, 1.54) is 20.0 Å². The molecule has 5 nitrogen and oxygen atoms in total. The number of halogens is 3. The highest BCUT2D eigenvalue weighted by Crippen LogP contribution is 2.47. The van der Waals surface area contributed by atoms with Crippen LogP contribution in [0.3, 0.4) is 0 Å². The number of aliphatic carboxylic acids is 1. The number of methoxy groups -OCH3 is 1. The fourth-order valence-electron chi connectivity index (χ4n) is 2.96. The molecule has 0 saturated carbocycles. The molecule has 1 N–H and O–H groups in total. The van der Waals surface area contributed by atoms with Crippen LogP contribution in [0.1, 0.15) is 31.5 Å². The molecule has 24 heavy (non-hydrogen) atoms. The Bertz CT molecular complexity index is 724. The van der Waals surface area contributed by atoms with Crippen LogP contribution in [0.4, 0.5) is 13.2 Å². The maximum Gasteiger partial charge on any atom is 0.418 e. The Hall–Kier alpha value is -2.22. The first-order valence-electron chi connectivity index (χ1n) is 7.03. The van der Waals surface area contributed by atoms with Crippen LogP contribution in [-0.2, 0) is 26.1 Å². The number of carboxylic acid groups (broad SMARTS) is 1. The van der Waals surface area contributed by atoms with Gasteiger partial charge in [0.05, 0.1) is 11.3 Å². The summed E-state index contributed by atoms with van der Waals surface area (Å²) < 4.78 is 45.3. The van der Waals surface area contributed by atoms with E-state index in [2.05, 4.69) is 4.98 Å².